The highest BCUT2D eigenvalue weighted by atomic mass is 35.5. The second-order valence-corrected chi connectivity index (χ2v) is 7.69. The number of nitrogens with zero attached hydrogens (tertiary/aromatic N) is 4. The summed E-state index contributed by atoms with van der Waals surface area (Å²) in [4.78, 5) is 24.3. The summed E-state index contributed by atoms with van der Waals surface area (Å²) in [6.45, 7) is 0. The summed E-state index contributed by atoms with van der Waals surface area (Å²) in [6.07, 6.45) is 7.03. The van der Waals surface area contributed by atoms with Crippen molar-refractivity contribution in [3.05, 3.63) is 35.6 Å². The van der Waals surface area contributed by atoms with Gasteiger partial charge < -0.3 is 15.0 Å². The second-order valence-electron chi connectivity index (χ2n) is 7.25. The van der Waals surface area contributed by atoms with Gasteiger partial charge in [0.05, 0.1) is 11.7 Å². The lowest BCUT2D eigenvalue weighted by molar-refractivity contribution is 0.196. The number of H-pyrrole nitrogens is 1. The second kappa shape index (κ2) is 7.04. The van der Waals surface area contributed by atoms with Crippen LogP contribution in [0.1, 0.15) is 25.7 Å². The Bertz CT molecular complexity index is 1220. The van der Waals surface area contributed by atoms with Gasteiger partial charge in [-0.05, 0) is 31.0 Å². The molecule has 1 aliphatic rings. The molecule has 2 N–H and O–H groups in total. The number of rotatable bonds is 3. The molecule has 3 aromatic heterocycles. The topological polar surface area (TPSA) is 97.7 Å². The van der Waals surface area contributed by atoms with E-state index in [4.69, 9.17) is 16.3 Å². The lowest BCUT2D eigenvalue weighted by Gasteiger charge is -2.11. The summed E-state index contributed by atoms with van der Waals surface area (Å²) < 4.78 is 7.26. The number of aryl methyl sites for hydroxylation is 1. The van der Waals surface area contributed by atoms with E-state index in [2.05, 4.69) is 25.4 Å². The summed E-state index contributed by atoms with van der Waals surface area (Å²) in [7, 11) is 1.85. The van der Waals surface area contributed by atoms with E-state index < -0.39 is 6.09 Å². The third kappa shape index (κ3) is 3.29. The molecule has 1 fully saturated rings. The Labute approximate surface area is 171 Å². The number of benzene rings is 1. The van der Waals surface area contributed by atoms with Gasteiger partial charge in [-0.25, -0.2) is 14.8 Å². The maximum absolute atomic E-state index is 12.3. The van der Waals surface area contributed by atoms with Crippen LogP contribution in [-0.4, -0.2) is 36.9 Å². The predicted octanol–water partition coefficient (Wildman–Crippen LogP) is 4.20. The van der Waals surface area contributed by atoms with Crippen molar-refractivity contribution in [3.63, 3.8) is 0 Å². The molecule has 0 unspecified atom stereocenters. The van der Waals surface area contributed by atoms with E-state index in [1.165, 1.54) is 0 Å². The monoisotopic (exact) mass is 410 g/mol. The molecule has 0 aliphatic heterocycles. The van der Waals surface area contributed by atoms with Crippen molar-refractivity contribution in [1.82, 2.24) is 30.0 Å². The summed E-state index contributed by atoms with van der Waals surface area (Å²) in [5.74, 6) is 0.341. The SMILES string of the molecule is Cn1nc(-c2cnc3[nH]cc(OC(=O)NC4CCCC4)c3n2)c2ccc(Cl)cc21. The molecule has 5 rings (SSSR count). The molecule has 0 bridgehead atoms. The Kier molecular flexibility index (Phi) is 4.35. The molecular formula is C20H19ClN6O2. The number of ether oxygens (including phenoxy) is 1. The van der Waals surface area contributed by atoms with Crippen molar-refractivity contribution in [2.24, 2.45) is 7.05 Å². The molecule has 0 saturated heterocycles. The maximum atomic E-state index is 12.3. The highest BCUT2D eigenvalue weighted by molar-refractivity contribution is 6.31. The molecule has 0 atom stereocenters. The molecular weight excluding hydrogens is 392 g/mol. The lowest BCUT2D eigenvalue weighted by atomic mass is 10.2. The van der Waals surface area contributed by atoms with Crippen molar-refractivity contribution < 1.29 is 9.53 Å². The van der Waals surface area contributed by atoms with Crippen LogP contribution in [0.3, 0.4) is 0 Å². The van der Waals surface area contributed by atoms with Crippen LogP contribution < -0.4 is 10.1 Å². The fourth-order valence-electron chi connectivity index (χ4n) is 3.85. The number of halogens is 1. The maximum Gasteiger partial charge on any atom is 0.412 e. The normalized spacial score (nSPS) is 14.7. The van der Waals surface area contributed by atoms with Crippen LogP contribution in [0, 0.1) is 0 Å². The Balaban J connectivity index is 1.49. The van der Waals surface area contributed by atoms with E-state index in [9.17, 15) is 4.79 Å². The first-order valence-corrected chi connectivity index (χ1v) is 9.91. The van der Waals surface area contributed by atoms with E-state index in [1.807, 2.05) is 25.2 Å². The first kappa shape index (κ1) is 17.9. The molecule has 29 heavy (non-hydrogen) atoms. The van der Waals surface area contributed by atoms with E-state index >= 15 is 0 Å². The molecule has 1 aromatic carbocycles. The molecule has 9 heteroatoms. The number of nitrogens with one attached hydrogen (secondary N) is 2. The minimum absolute atomic E-state index is 0.182. The molecule has 4 aromatic rings. The third-order valence-corrected chi connectivity index (χ3v) is 5.52. The van der Waals surface area contributed by atoms with Gasteiger partial charge in [0.1, 0.15) is 11.4 Å². The Morgan fingerprint density at radius 3 is 3.00 bits per heavy atom. The molecule has 8 nitrogen and oxygen atoms in total. The molecule has 1 saturated carbocycles. The number of fused-ring (bicyclic) bond motifs is 2. The summed E-state index contributed by atoms with van der Waals surface area (Å²) >= 11 is 6.11. The fraction of sp³-hybridized carbons (Fsp3) is 0.300. The van der Waals surface area contributed by atoms with Crippen molar-refractivity contribution in [3.8, 4) is 17.1 Å². The Morgan fingerprint density at radius 2 is 2.17 bits per heavy atom. The highest BCUT2D eigenvalue weighted by Crippen LogP contribution is 2.30. The first-order valence-electron chi connectivity index (χ1n) is 9.53. The number of amides is 1. The van der Waals surface area contributed by atoms with Crippen molar-refractivity contribution in [1.29, 1.82) is 0 Å². The summed E-state index contributed by atoms with van der Waals surface area (Å²) in [5.41, 5.74) is 3.20. The number of aromatic amines is 1. The van der Waals surface area contributed by atoms with E-state index in [0.717, 1.165) is 36.6 Å². The van der Waals surface area contributed by atoms with Gasteiger partial charge in [-0.3, -0.25) is 4.68 Å². The fourth-order valence-corrected chi connectivity index (χ4v) is 4.01. The Hall–Kier alpha value is -3.13. The van der Waals surface area contributed by atoms with Crippen molar-refractivity contribution >= 4 is 39.8 Å². The smallest absolute Gasteiger partial charge is 0.406 e. The number of hydrogen-bond acceptors (Lipinski definition) is 5. The molecule has 148 valence electrons. The Morgan fingerprint density at radius 1 is 1.34 bits per heavy atom. The molecule has 1 aliphatic carbocycles. The van der Waals surface area contributed by atoms with Crippen LogP contribution in [0.2, 0.25) is 5.02 Å². The van der Waals surface area contributed by atoms with Gasteiger partial charge >= 0.3 is 6.09 Å². The zero-order chi connectivity index (χ0) is 20.0. The van der Waals surface area contributed by atoms with E-state index in [1.54, 1.807) is 17.1 Å². The summed E-state index contributed by atoms with van der Waals surface area (Å²) in [5, 5.41) is 9.05. The van der Waals surface area contributed by atoms with Gasteiger partial charge in [0.25, 0.3) is 0 Å². The number of carbonyl (C=O) groups excluding carboxylic acids is 1. The zero-order valence-electron chi connectivity index (χ0n) is 15.8. The highest BCUT2D eigenvalue weighted by Gasteiger charge is 2.20. The van der Waals surface area contributed by atoms with Crippen molar-refractivity contribution in [2.45, 2.75) is 31.7 Å². The number of hydrogen-bond donors (Lipinski definition) is 2. The summed E-state index contributed by atoms with van der Waals surface area (Å²) in [6, 6.07) is 5.77. The van der Waals surface area contributed by atoms with Crippen LogP contribution >= 0.6 is 11.6 Å². The van der Waals surface area contributed by atoms with Gasteiger partial charge in [0.2, 0.25) is 0 Å². The minimum atomic E-state index is -0.470. The van der Waals surface area contributed by atoms with E-state index in [0.29, 0.717) is 33.3 Å². The van der Waals surface area contributed by atoms with Crippen molar-refractivity contribution in [2.75, 3.05) is 0 Å². The van der Waals surface area contributed by atoms with Gasteiger partial charge in [-0.2, -0.15) is 5.10 Å². The van der Waals surface area contributed by atoms with Crippen LogP contribution in [0.4, 0.5) is 4.79 Å². The standard InChI is InChI=1S/C20H19ClN6O2/c1-27-15-8-11(21)6-7-13(15)17(26-27)14-9-22-19-18(25-14)16(10-23-19)29-20(28)24-12-4-2-3-5-12/h6-10,12H,2-5H2,1H3,(H,22,23)(H,24,28). The van der Waals surface area contributed by atoms with Crippen LogP contribution in [0.5, 0.6) is 5.75 Å². The average Bonchev–Trinajstić information content (AvgIpc) is 3.42. The van der Waals surface area contributed by atoms with Gasteiger partial charge in [0, 0.05) is 29.7 Å². The molecule has 3 heterocycles. The van der Waals surface area contributed by atoms with Crippen LogP contribution in [0.25, 0.3) is 33.5 Å². The largest absolute Gasteiger partial charge is 0.412 e. The minimum Gasteiger partial charge on any atom is -0.406 e. The van der Waals surface area contributed by atoms with Gasteiger partial charge in [0.15, 0.2) is 16.9 Å². The van der Waals surface area contributed by atoms with E-state index in [-0.39, 0.29) is 6.04 Å². The predicted molar refractivity (Wildman–Crippen MR) is 110 cm³/mol. The molecule has 0 spiro atoms. The lowest BCUT2D eigenvalue weighted by Crippen LogP contribution is -2.34. The first-order chi connectivity index (χ1) is 14.1. The molecule has 0 radical (unpaired) electrons. The van der Waals surface area contributed by atoms with Gasteiger partial charge in [-0.15, -0.1) is 0 Å². The molecule has 1 amide bonds. The third-order valence-electron chi connectivity index (χ3n) is 5.28. The quantitative estimate of drug-likeness (QED) is 0.527. The van der Waals surface area contributed by atoms with Crippen LogP contribution in [-0.2, 0) is 7.05 Å². The van der Waals surface area contributed by atoms with Gasteiger partial charge in [-0.1, -0.05) is 24.4 Å². The van der Waals surface area contributed by atoms with Crippen LogP contribution in [0.15, 0.2) is 30.6 Å². The number of carbonyl (C=O) groups is 1. The number of aromatic nitrogens is 5. The zero-order valence-corrected chi connectivity index (χ0v) is 16.5. The average molecular weight is 411 g/mol.